The van der Waals surface area contributed by atoms with E-state index in [-0.39, 0.29) is 24.0 Å². The number of nitrogens with zero attached hydrogens (tertiary/aromatic N) is 4. The minimum Gasteiger partial charge on any atom is -0.352 e. The minimum atomic E-state index is 0. The Labute approximate surface area is 182 Å². The third-order valence-corrected chi connectivity index (χ3v) is 5.77. The SMILES string of the molecule is CN=C(NCc1ccc(CN2CCN(C)CC2)cc1)N1CCC(C)CC1.I. The number of hydrogen-bond donors (Lipinski definition) is 1. The summed E-state index contributed by atoms with van der Waals surface area (Å²) in [6.07, 6.45) is 2.53. The van der Waals surface area contributed by atoms with Crippen molar-refractivity contribution in [3.63, 3.8) is 0 Å². The van der Waals surface area contributed by atoms with Crippen molar-refractivity contribution < 1.29 is 0 Å². The van der Waals surface area contributed by atoms with E-state index < -0.39 is 0 Å². The van der Waals surface area contributed by atoms with Gasteiger partial charge in [-0.25, -0.2) is 0 Å². The lowest BCUT2D eigenvalue weighted by molar-refractivity contribution is 0.148. The molecule has 0 spiro atoms. The molecule has 2 heterocycles. The zero-order valence-corrected chi connectivity index (χ0v) is 19.5. The van der Waals surface area contributed by atoms with E-state index in [0.717, 1.165) is 38.1 Å². The largest absolute Gasteiger partial charge is 0.352 e. The molecule has 0 amide bonds. The average Bonchev–Trinajstić information content (AvgIpc) is 2.67. The van der Waals surface area contributed by atoms with Crippen LogP contribution < -0.4 is 5.32 Å². The molecule has 1 N–H and O–H groups in total. The standard InChI is InChI=1S/C21H35N5.HI/c1-18-8-10-26(11-9-18)21(22-2)23-16-19-4-6-20(7-5-19)17-25-14-12-24(3)13-15-25;/h4-7,18H,8-17H2,1-3H3,(H,22,23);1H. The van der Waals surface area contributed by atoms with Gasteiger partial charge in [0.05, 0.1) is 0 Å². The lowest BCUT2D eigenvalue weighted by atomic mass is 9.99. The van der Waals surface area contributed by atoms with Crippen molar-refractivity contribution in [2.45, 2.75) is 32.9 Å². The molecule has 0 aliphatic carbocycles. The summed E-state index contributed by atoms with van der Waals surface area (Å²) in [7, 11) is 4.09. The fourth-order valence-electron chi connectivity index (χ4n) is 3.76. The first kappa shape index (κ1) is 22.4. The van der Waals surface area contributed by atoms with E-state index in [1.54, 1.807) is 0 Å². The number of likely N-dealkylation sites (N-methyl/N-ethyl adjacent to an activating group) is 1. The Morgan fingerprint density at radius 1 is 1.00 bits per heavy atom. The number of nitrogens with one attached hydrogen (secondary N) is 1. The third-order valence-electron chi connectivity index (χ3n) is 5.77. The number of aliphatic imine (C=N–C) groups is 1. The minimum absolute atomic E-state index is 0. The summed E-state index contributed by atoms with van der Waals surface area (Å²) in [4.78, 5) is 11.8. The van der Waals surface area contributed by atoms with Crippen molar-refractivity contribution >= 4 is 29.9 Å². The highest BCUT2D eigenvalue weighted by Crippen LogP contribution is 2.16. The molecule has 0 unspecified atom stereocenters. The van der Waals surface area contributed by atoms with Crippen LogP contribution in [0.3, 0.4) is 0 Å². The van der Waals surface area contributed by atoms with E-state index in [0.29, 0.717) is 0 Å². The van der Waals surface area contributed by atoms with Crippen LogP contribution in [0.5, 0.6) is 0 Å². The Kier molecular flexibility index (Phi) is 9.32. The van der Waals surface area contributed by atoms with Crippen molar-refractivity contribution in [1.82, 2.24) is 20.0 Å². The first-order valence-corrected chi connectivity index (χ1v) is 10.1. The van der Waals surface area contributed by atoms with Gasteiger partial charge in [0.25, 0.3) is 0 Å². The monoisotopic (exact) mass is 485 g/mol. The van der Waals surface area contributed by atoms with Gasteiger partial charge in [-0.05, 0) is 36.9 Å². The molecule has 3 rings (SSSR count). The zero-order valence-electron chi connectivity index (χ0n) is 17.2. The summed E-state index contributed by atoms with van der Waals surface area (Å²) in [5.74, 6) is 1.88. The van der Waals surface area contributed by atoms with Gasteiger partial charge in [0.2, 0.25) is 0 Å². The number of hydrogen-bond acceptors (Lipinski definition) is 3. The highest BCUT2D eigenvalue weighted by atomic mass is 127. The van der Waals surface area contributed by atoms with Gasteiger partial charge in [-0.3, -0.25) is 9.89 Å². The molecule has 0 atom stereocenters. The summed E-state index contributed by atoms with van der Waals surface area (Å²) >= 11 is 0. The fourth-order valence-corrected chi connectivity index (χ4v) is 3.76. The van der Waals surface area contributed by atoms with Gasteiger partial charge in [-0.1, -0.05) is 31.2 Å². The molecule has 6 heteroatoms. The summed E-state index contributed by atoms with van der Waals surface area (Å²) < 4.78 is 0. The fraction of sp³-hybridized carbons (Fsp3) is 0.667. The molecular formula is C21H36IN5. The Morgan fingerprint density at radius 2 is 1.59 bits per heavy atom. The van der Waals surface area contributed by atoms with Crippen LogP contribution in [0.25, 0.3) is 0 Å². The van der Waals surface area contributed by atoms with Crippen molar-refractivity contribution in [1.29, 1.82) is 0 Å². The molecule has 2 aliphatic heterocycles. The molecule has 1 aromatic carbocycles. The maximum atomic E-state index is 4.47. The second-order valence-corrected chi connectivity index (χ2v) is 7.97. The van der Waals surface area contributed by atoms with Crippen LogP contribution in [0.15, 0.2) is 29.3 Å². The van der Waals surface area contributed by atoms with Gasteiger partial charge in [0.15, 0.2) is 5.96 Å². The number of benzene rings is 1. The Balaban J connectivity index is 0.00000261. The number of piperidine rings is 1. The van der Waals surface area contributed by atoms with E-state index >= 15 is 0 Å². The Morgan fingerprint density at radius 3 is 2.19 bits per heavy atom. The summed E-state index contributed by atoms with van der Waals surface area (Å²) in [5.41, 5.74) is 2.73. The lowest BCUT2D eigenvalue weighted by Gasteiger charge is -2.33. The van der Waals surface area contributed by atoms with E-state index in [1.165, 1.54) is 50.1 Å². The molecule has 2 fully saturated rings. The van der Waals surface area contributed by atoms with Crippen LogP contribution in [0, 0.1) is 5.92 Å². The Bertz CT molecular complexity index is 573. The molecular weight excluding hydrogens is 449 g/mol. The van der Waals surface area contributed by atoms with Crippen LogP contribution in [-0.4, -0.2) is 74.0 Å². The van der Waals surface area contributed by atoms with Gasteiger partial charge < -0.3 is 15.1 Å². The second kappa shape index (κ2) is 11.2. The molecule has 27 heavy (non-hydrogen) atoms. The maximum Gasteiger partial charge on any atom is 0.193 e. The summed E-state index contributed by atoms with van der Waals surface area (Å²) in [5, 5.41) is 3.54. The van der Waals surface area contributed by atoms with Crippen molar-refractivity contribution in [2.24, 2.45) is 10.9 Å². The first-order valence-electron chi connectivity index (χ1n) is 10.1. The molecule has 0 saturated carbocycles. The van der Waals surface area contributed by atoms with Crippen LogP contribution in [0.1, 0.15) is 30.9 Å². The third kappa shape index (κ3) is 6.91. The zero-order chi connectivity index (χ0) is 18.4. The number of guanidine groups is 1. The van der Waals surface area contributed by atoms with Gasteiger partial charge in [0.1, 0.15) is 0 Å². The molecule has 0 bridgehead atoms. The average molecular weight is 485 g/mol. The van der Waals surface area contributed by atoms with E-state index in [1.807, 2.05) is 7.05 Å². The van der Waals surface area contributed by atoms with Crippen molar-refractivity contribution in [2.75, 3.05) is 53.4 Å². The molecule has 0 aromatic heterocycles. The number of halogens is 1. The predicted molar refractivity (Wildman–Crippen MR) is 125 cm³/mol. The number of rotatable bonds is 4. The van der Waals surface area contributed by atoms with Crippen LogP contribution in [0.4, 0.5) is 0 Å². The van der Waals surface area contributed by atoms with Crippen molar-refractivity contribution in [3.05, 3.63) is 35.4 Å². The van der Waals surface area contributed by atoms with Crippen LogP contribution in [0.2, 0.25) is 0 Å². The second-order valence-electron chi connectivity index (χ2n) is 7.97. The first-order chi connectivity index (χ1) is 12.6. The van der Waals surface area contributed by atoms with Crippen LogP contribution in [-0.2, 0) is 13.1 Å². The highest BCUT2D eigenvalue weighted by Gasteiger charge is 2.18. The predicted octanol–water partition coefficient (Wildman–Crippen LogP) is 2.86. The number of likely N-dealkylation sites (tertiary alicyclic amines) is 1. The molecule has 2 aliphatic rings. The molecule has 0 radical (unpaired) electrons. The van der Waals surface area contributed by atoms with Gasteiger partial charge in [0, 0.05) is 59.4 Å². The lowest BCUT2D eigenvalue weighted by Crippen LogP contribution is -2.45. The van der Waals surface area contributed by atoms with Gasteiger partial charge >= 0.3 is 0 Å². The van der Waals surface area contributed by atoms with Gasteiger partial charge in [-0.2, -0.15) is 0 Å². The van der Waals surface area contributed by atoms with Gasteiger partial charge in [-0.15, -0.1) is 24.0 Å². The van der Waals surface area contributed by atoms with E-state index in [9.17, 15) is 0 Å². The molecule has 5 nitrogen and oxygen atoms in total. The quantitative estimate of drug-likeness (QED) is 0.404. The normalized spacial score (nSPS) is 20.4. The van der Waals surface area contributed by atoms with Crippen molar-refractivity contribution in [3.8, 4) is 0 Å². The molecule has 1 aromatic rings. The van der Waals surface area contributed by atoms with E-state index in [2.05, 4.69) is 63.2 Å². The topological polar surface area (TPSA) is 34.1 Å². The molecule has 2 saturated heterocycles. The number of piperazine rings is 1. The molecule has 152 valence electrons. The summed E-state index contributed by atoms with van der Waals surface area (Å²) in [6.45, 7) is 11.2. The highest BCUT2D eigenvalue weighted by molar-refractivity contribution is 14.0. The smallest absolute Gasteiger partial charge is 0.193 e. The Hall–Kier alpha value is -0.860. The summed E-state index contributed by atoms with van der Waals surface area (Å²) in [6, 6.07) is 9.06. The maximum absolute atomic E-state index is 4.47. The van der Waals surface area contributed by atoms with Crippen LogP contribution >= 0.6 is 24.0 Å². The van der Waals surface area contributed by atoms with E-state index in [4.69, 9.17) is 0 Å².